The van der Waals surface area contributed by atoms with Gasteiger partial charge in [-0.3, -0.25) is 4.79 Å². The van der Waals surface area contributed by atoms with E-state index in [1.54, 1.807) is 18.0 Å². The van der Waals surface area contributed by atoms with Crippen LogP contribution in [-0.2, 0) is 0 Å². The van der Waals surface area contributed by atoms with Gasteiger partial charge in [-0.2, -0.15) is 0 Å². The number of nitrogens with zero attached hydrogens (tertiary/aromatic N) is 2. The molecule has 4 rings (SSSR count). The van der Waals surface area contributed by atoms with Crippen LogP contribution in [0.3, 0.4) is 0 Å². The summed E-state index contributed by atoms with van der Waals surface area (Å²) < 4.78 is 16.9. The van der Waals surface area contributed by atoms with Crippen molar-refractivity contribution < 1.29 is 18.8 Å². The second-order valence-electron chi connectivity index (χ2n) is 6.13. The summed E-state index contributed by atoms with van der Waals surface area (Å²) in [7, 11) is 1.71. The number of carbonyl (C=O) groups excluding carboxylic acids is 1. The number of carbonyl (C=O) groups is 1. The molecule has 3 aromatic rings. The Kier molecular flexibility index (Phi) is 4.31. The van der Waals surface area contributed by atoms with Gasteiger partial charge in [0, 0.05) is 18.7 Å². The lowest BCUT2D eigenvalue weighted by Crippen LogP contribution is -2.41. The molecule has 1 atom stereocenters. The summed E-state index contributed by atoms with van der Waals surface area (Å²) in [5, 5.41) is 3.90. The maximum absolute atomic E-state index is 12.6. The van der Waals surface area contributed by atoms with Crippen LogP contribution >= 0.6 is 0 Å². The smallest absolute Gasteiger partial charge is 0.275 e. The Hall–Kier alpha value is -3.28. The Morgan fingerprint density at radius 2 is 1.85 bits per heavy atom. The monoisotopic (exact) mass is 350 g/mol. The maximum Gasteiger partial charge on any atom is 0.275 e. The molecule has 0 fully saturated rings. The van der Waals surface area contributed by atoms with Crippen LogP contribution in [0.25, 0.3) is 11.3 Å². The van der Waals surface area contributed by atoms with Gasteiger partial charge in [0.2, 0.25) is 0 Å². The summed E-state index contributed by atoms with van der Waals surface area (Å²) in [6, 6.07) is 18.7. The van der Waals surface area contributed by atoms with Crippen LogP contribution in [0.1, 0.15) is 10.5 Å². The number of ether oxygens (including phenoxy) is 2. The highest BCUT2D eigenvalue weighted by molar-refractivity contribution is 5.93. The molecule has 132 valence electrons. The lowest BCUT2D eigenvalue weighted by Gasteiger charge is -2.29. The average molecular weight is 350 g/mol. The van der Waals surface area contributed by atoms with Crippen LogP contribution in [-0.4, -0.2) is 42.3 Å². The summed E-state index contributed by atoms with van der Waals surface area (Å²) >= 11 is 0. The molecule has 0 N–H and O–H groups in total. The predicted molar refractivity (Wildman–Crippen MR) is 95.3 cm³/mol. The van der Waals surface area contributed by atoms with E-state index in [1.165, 1.54) is 0 Å². The van der Waals surface area contributed by atoms with Crippen LogP contribution in [0.5, 0.6) is 11.5 Å². The lowest BCUT2D eigenvalue weighted by molar-refractivity contribution is 0.0515. The van der Waals surface area contributed by atoms with Crippen molar-refractivity contribution in [3.63, 3.8) is 0 Å². The van der Waals surface area contributed by atoms with Crippen molar-refractivity contribution in [1.82, 2.24) is 10.1 Å². The van der Waals surface area contributed by atoms with Gasteiger partial charge in [0.15, 0.2) is 29.1 Å². The summed E-state index contributed by atoms with van der Waals surface area (Å²) in [5.74, 6) is 1.76. The number of para-hydroxylation sites is 2. The number of benzene rings is 2. The van der Waals surface area contributed by atoms with Gasteiger partial charge in [0.05, 0.1) is 6.54 Å². The fourth-order valence-electron chi connectivity index (χ4n) is 2.85. The van der Waals surface area contributed by atoms with Crippen LogP contribution in [0.4, 0.5) is 0 Å². The van der Waals surface area contributed by atoms with Gasteiger partial charge in [0.1, 0.15) is 6.61 Å². The molecule has 1 aliphatic heterocycles. The second-order valence-corrected chi connectivity index (χ2v) is 6.13. The summed E-state index contributed by atoms with van der Waals surface area (Å²) in [4.78, 5) is 14.2. The quantitative estimate of drug-likeness (QED) is 0.723. The molecule has 0 aliphatic carbocycles. The Balaban J connectivity index is 1.42. The molecule has 0 saturated heterocycles. The minimum atomic E-state index is -0.237. The fraction of sp³-hybridized carbons (Fsp3) is 0.200. The van der Waals surface area contributed by atoms with Crippen molar-refractivity contribution in [2.24, 2.45) is 0 Å². The molecule has 6 nitrogen and oxygen atoms in total. The molecule has 2 aromatic carbocycles. The van der Waals surface area contributed by atoms with Gasteiger partial charge >= 0.3 is 0 Å². The van der Waals surface area contributed by atoms with E-state index in [0.717, 1.165) is 11.3 Å². The van der Waals surface area contributed by atoms with E-state index in [9.17, 15) is 4.79 Å². The molecule has 2 heterocycles. The molecular formula is C20H18N2O4. The Morgan fingerprint density at radius 3 is 2.65 bits per heavy atom. The van der Waals surface area contributed by atoms with E-state index in [2.05, 4.69) is 5.16 Å². The first-order chi connectivity index (χ1) is 12.7. The van der Waals surface area contributed by atoms with Gasteiger partial charge in [-0.05, 0) is 12.1 Å². The zero-order chi connectivity index (χ0) is 17.9. The topological polar surface area (TPSA) is 64.8 Å². The molecule has 1 amide bonds. The van der Waals surface area contributed by atoms with Gasteiger partial charge in [-0.25, -0.2) is 0 Å². The van der Waals surface area contributed by atoms with Crippen LogP contribution in [0.2, 0.25) is 0 Å². The first-order valence-electron chi connectivity index (χ1n) is 8.37. The van der Waals surface area contributed by atoms with Crippen molar-refractivity contribution in [1.29, 1.82) is 0 Å². The number of hydrogen-bond donors (Lipinski definition) is 0. The first kappa shape index (κ1) is 16.2. The lowest BCUT2D eigenvalue weighted by atomic mass is 10.1. The average Bonchev–Trinajstić information content (AvgIpc) is 3.18. The largest absolute Gasteiger partial charge is 0.486 e. The van der Waals surface area contributed by atoms with Crippen molar-refractivity contribution in [2.45, 2.75) is 6.10 Å². The maximum atomic E-state index is 12.6. The van der Waals surface area contributed by atoms with E-state index in [1.807, 2.05) is 54.6 Å². The highest BCUT2D eigenvalue weighted by Gasteiger charge is 2.25. The third-order valence-corrected chi connectivity index (χ3v) is 4.18. The molecule has 0 bridgehead atoms. The van der Waals surface area contributed by atoms with Crippen LogP contribution < -0.4 is 9.47 Å². The summed E-state index contributed by atoms with van der Waals surface area (Å²) in [6.07, 6.45) is -0.237. The molecule has 0 saturated carbocycles. The minimum absolute atomic E-state index is 0.224. The van der Waals surface area contributed by atoms with Crippen molar-refractivity contribution in [3.8, 4) is 22.8 Å². The van der Waals surface area contributed by atoms with Crippen LogP contribution in [0.15, 0.2) is 65.2 Å². The standard InChI is InChI=1S/C20H18N2O4/c1-22(12-15-13-24-17-9-5-6-10-18(17)25-15)20(23)16-11-19(26-21-16)14-7-3-2-4-8-14/h2-11,15H,12-13H2,1H3/t15-/m0/s1. The molecular weight excluding hydrogens is 332 g/mol. The number of rotatable bonds is 4. The van der Waals surface area contributed by atoms with E-state index in [-0.39, 0.29) is 17.7 Å². The second kappa shape index (κ2) is 6.92. The molecule has 1 aliphatic rings. The molecule has 1 aromatic heterocycles. The Labute approximate surface area is 150 Å². The van der Waals surface area contributed by atoms with Gasteiger partial charge < -0.3 is 18.9 Å². The molecule has 0 unspecified atom stereocenters. The van der Waals surface area contributed by atoms with Gasteiger partial charge in [-0.15, -0.1) is 0 Å². The molecule has 0 spiro atoms. The minimum Gasteiger partial charge on any atom is -0.486 e. The van der Waals surface area contributed by atoms with Crippen molar-refractivity contribution in [2.75, 3.05) is 20.2 Å². The Morgan fingerprint density at radius 1 is 1.12 bits per heavy atom. The number of aromatic nitrogens is 1. The Bertz CT molecular complexity index is 907. The molecule has 6 heteroatoms. The zero-order valence-corrected chi connectivity index (χ0v) is 14.3. The van der Waals surface area contributed by atoms with Gasteiger partial charge in [0.25, 0.3) is 5.91 Å². The van der Waals surface area contributed by atoms with E-state index in [0.29, 0.717) is 24.7 Å². The predicted octanol–water partition coefficient (Wildman–Crippen LogP) is 3.25. The summed E-state index contributed by atoms with van der Waals surface area (Å²) in [5.41, 5.74) is 1.14. The van der Waals surface area contributed by atoms with Crippen LogP contribution in [0, 0.1) is 0 Å². The molecule has 26 heavy (non-hydrogen) atoms. The number of hydrogen-bond acceptors (Lipinski definition) is 5. The molecule has 0 radical (unpaired) electrons. The van der Waals surface area contributed by atoms with Crippen molar-refractivity contribution in [3.05, 3.63) is 66.4 Å². The highest BCUT2D eigenvalue weighted by atomic mass is 16.6. The third-order valence-electron chi connectivity index (χ3n) is 4.18. The number of amides is 1. The fourth-order valence-corrected chi connectivity index (χ4v) is 2.85. The van der Waals surface area contributed by atoms with E-state index < -0.39 is 0 Å². The van der Waals surface area contributed by atoms with E-state index in [4.69, 9.17) is 14.0 Å². The van der Waals surface area contributed by atoms with Crippen molar-refractivity contribution >= 4 is 5.91 Å². The first-order valence-corrected chi connectivity index (χ1v) is 8.37. The highest BCUT2D eigenvalue weighted by Crippen LogP contribution is 2.31. The normalized spacial score (nSPS) is 15.5. The zero-order valence-electron chi connectivity index (χ0n) is 14.3. The van der Waals surface area contributed by atoms with Gasteiger partial charge in [-0.1, -0.05) is 47.6 Å². The van der Waals surface area contributed by atoms with E-state index >= 15 is 0 Å². The number of likely N-dealkylation sites (N-methyl/N-ethyl adjacent to an activating group) is 1. The summed E-state index contributed by atoms with van der Waals surface area (Å²) in [6.45, 7) is 0.781. The third kappa shape index (κ3) is 3.26. The SMILES string of the molecule is CN(C[C@H]1COc2ccccc2O1)C(=O)c1cc(-c2ccccc2)on1. The number of fused-ring (bicyclic) bond motifs is 1.